The molecule has 192 valence electrons. The van der Waals surface area contributed by atoms with Gasteiger partial charge in [0.1, 0.15) is 23.5 Å². The molecule has 0 spiro atoms. The van der Waals surface area contributed by atoms with Gasteiger partial charge >= 0.3 is 0 Å². The van der Waals surface area contributed by atoms with E-state index in [2.05, 4.69) is 15.5 Å². The molecule has 0 unspecified atom stereocenters. The number of hydrogen-bond acceptors (Lipinski definition) is 8. The summed E-state index contributed by atoms with van der Waals surface area (Å²) in [5.74, 6) is -0.130. The van der Waals surface area contributed by atoms with Crippen LogP contribution in [0.2, 0.25) is 0 Å². The van der Waals surface area contributed by atoms with E-state index in [-0.39, 0.29) is 37.2 Å². The Hall–Kier alpha value is -2.51. The Balaban J connectivity index is 1.48. The third-order valence-corrected chi connectivity index (χ3v) is 7.81. The highest BCUT2D eigenvalue weighted by atomic mass is 127. The molecule has 0 radical (unpaired) electrons. The summed E-state index contributed by atoms with van der Waals surface area (Å²) >= 11 is 3.39. The molecule has 0 bridgehead atoms. The molecule has 36 heavy (non-hydrogen) atoms. The number of hydrogen-bond donors (Lipinski definition) is 2. The molecule has 9 nitrogen and oxygen atoms in total. The number of nitrogens with one attached hydrogen (secondary N) is 1. The Morgan fingerprint density at radius 1 is 1.33 bits per heavy atom. The molecule has 4 rings (SSSR count). The second kappa shape index (κ2) is 11.3. The highest BCUT2D eigenvalue weighted by Gasteiger charge is 2.43. The molecule has 3 heterocycles. The van der Waals surface area contributed by atoms with Crippen LogP contribution in [0.4, 0.5) is 0 Å². The molecule has 2 amide bonds. The van der Waals surface area contributed by atoms with Gasteiger partial charge in [0.05, 0.1) is 27.9 Å². The summed E-state index contributed by atoms with van der Waals surface area (Å²) in [6, 6.07) is 6.78. The number of benzene rings is 1. The number of rotatable bonds is 8. The Kier molecular flexibility index (Phi) is 8.30. The second-order valence-electron chi connectivity index (χ2n) is 9.37. The monoisotopic (exact) mass is 624 g/mol. The number of likely N-dealkylation sites (tertiary alicyclic amines) is 1. The number of carbonyl (C=O) groups is 2. The van der Waals surface area contributed by atoms with Crippen molar-refractivity contribution in [2.75, 3.05) is 6.54 Å². The Bertz CT molecular complexity index is 1240. The van der Waals surface area contributed by atoms with Crippen LogP contribution in [0.15, 0.2) is 34.3 Å². The predicted octanol–water partition coefficient (Wildman–Crippen LogP) is 4.16. The highest BCUT2D eigenvalue weighted by Crippen LogP contribution is 2.33. The van der Waals surface area contributed by atoms with Gasteiger partial charge in [-0.2, -0.15) is 0 Å². The normalized spacial score (nSPS) is 18.5. The molecular formula is C25H29IN4O5S. The number of thiazole rings is 1. The maximum absolute atomic E-state index is 13.5. The van der Waals surface area contributed by atoms with Gasteiger partial charge in [0.15, 0.2) is 23.0 Å². The second-order valence-corrected chi connectivity index (χ2v) is 10.7. The van der Waals surface area contributed by atoms with Crippen molar-refractivity contribution in [1.82, 2.24) is 20.4 Å². The zero-order valence-corrected chi connectivity index (χ0v) is 23.5. The van der Waals surface area contributed by atoms with Crippen molar-refractivity contribution >= 4 is 46.2 Å². The van der Waals surface area contributed by atoms with E-state index in [0.717, 1.165) is 21.7 Å². The molecule has 2 N–H and O–H groups in total. The van der Waals surface area contributed by atoms with Crippen molar-refractivity contribution in [3.63, 3.8) is 0 Å². The van der Waals surface area contributed by atoms with E-state index < -0.39 is 18.1 Å². The summed E-state index contributed by atoms with van der Waals surface area (Å²) in [6.07, 6.45) is -0.596. The van der Waals surface area contributed by atoms with Crippen molar-refractivity contribution < 1.29 is 22.3 Å². The van der Waals surface area contributed by atoms with Gasteiger partial charge < -0.3 is 22.9 Å². The van der Waals surface area contributed by atoms with Crippen LogP contribution < -0.4 is 8.38 Å². The lowest BCUT2D eigenvalue weighted by Gasteiger charge is -2.28. The van der Waals surface area contributed by atoms with Crippen molar-refractivity contribution in [3.05, 3.63) is 52.5 Å². The number of halogens is 1. The number of aliphatic hydroxyl groups is 1. The summed E-state index contributed by atoms with van der Waals surface area (Å²) in [4.78, 5) is 33.6. The molecule has 3 aromatic rings. The van der Waals surface area contributed by atoms with Crippen LogP contribution >= 0.6 is 34.3 Å². The number of amides is 2. The van der Waals surface area contributed by atoms with Crippen LogP contribution in [0.3, 0.4) is 0 Å². The fourth-order valence-electron chi connectivity index (χ4n) is 4.54. The average Bonchev–Trinajstić information content (AvgIpc) is 3.57. The van der Waals surface area contributed by atoms with Crippen molar-refractivity contribution in [3.8, 4) is 16.2 Å². The van der Waals surface area contributed by atoms with Gasteiger partial charge in [-0.15, -0.1) is 11.3 Å². The van der Waals surface area contributed by atoms with Crippen molar-refractivity contribution in [1.29, 1.82) is 0 Å². The third-order valence-electron chi connectivity index (χ3n) is 6.36. The molecule has 3 atom stereocenters. The van der Waals surface area contributed by atoms with E-state index in [1.807, 2.05) is 62.0 Å². The number of carbonyl (C=O) groups excluding carboxylic acids is 2. The number of β-amino-alcohol motifs (C(OH)–C–C–N with tert-alkyl or cyclic N) is 1. The standard InChI is InChI=1S/C25H29IN4O5S/c1-13(2)22(21-7-14(3)29-35-21)25(33)30-11-18(31)9-19(30)24(32)27-10-17-6-5-16(8-20(17)34-26)23-15(4)28-12-36-23/h5-8,12-13,18-19,22,31H,9-11H2,1-4H3,(H,27,32)/t18-,19+,22+/m0/s1. The minimum absolute atomic E-state index is 0.0737. The number of nitrogens with zero attached hydrogens (tertiary/aromatic N) is 3. The Morgan fingerprint density at radius 2 is 2.11 bits per heavy atom. The molecule has 1 aliphatic rings. The molecular weight excluding hydrogens is 595 g/mol. The van der Waals surface area contributed by atoms with Gasteiger partial charge in [0, 0.05) is 31.1 Å². The third kappa shape index (κ3) is 5.57. The summed E-state index contributed by atoms with van der Waals surface area (Å²) < 4.78 is 10.9. The van der Waals surface area contributed by atoms with Crippen LogP contribution in [-0.2, 0) is 16.1 Å². The SMILES string of the molecule is Cc1cc([C@H](C(=O)N2C[C@@H](O)C[C@@H]2C(=O)NCc2ccc(-c3scnc3C)cc2OI)C(C)C)on1. The Labute approximate surface area is 227 Å². The maximum atomic E-state index is 13.5. The topological polar surface area (TPSA) is 118 Å². The highest BCUT2D eigenvalue weighted by molar-refractivity contribution is 14.1. The first-order valence-corrected chi connectivity index (χ1v) is 13.5. The van der Waals surface area contributed by atoms with E-state index in [1.54, 1.807) is 29.8 Å². The summed E-state index contributed by atoms with van der Waals surface area (Å²) in [5.41, 5.74) is 5.24. The summed E-state index contributed by atoms with van der Waals surface area (Å²) in [6.45, 7) is 7.92. The minimum Gasteiger partial charge on any atom is -0.427 e. The molecule has 0 aliphatic carbocycles. The summed E-state index contributed by atoms with van der Waals surface area (Å²) in [7, 11) is 0. The van der Waals surface area contributed by atoms with Crippen LogP contribution in [0, 0.1) is 19.8 Å². The molecule has 1 aliphatic heterocycles. The predicted molar refractivity (Wildman–Crippen MR) is 144 cm³/mol. The van der Waals surface area contributed by atoms with Gasteiger partial charge in [-0.3, -0.25) is 9.59 Å². The first kappa shape index (κ1) is 26.6. The number of aryl methyl sites for hydroxylation is 2. The smallest absolute Gasteiger partial charge is 0.243 e. The maximum Gasteiger partial charge on any atom is 0.243 e. The van der Waals surface area contributed by atoms with E-state index in [4.69, 9.17) is 7.59 Å². The van der Waals surface area contributed by atoms with Gasteiger partial charge in [0.2, 0.25) is 11.8 Å². The Morgan fingerprint density at radius 3 is 2.72 bits per heavy atom. The lowest BCUT2D eigenvalue weighted by Crippen LogP contribution is -2.48. The minimum atomic E-state index is -0.777. The van der Waals surface area contributed by atoms with E-state index in [0.29, 0.717) is 17.2 Å². The first-order chi connectivity index (χ1) is 17.2. The van der Waals surface area contributed by atoms with Gasteiger partial charge in [-0.1, -0.05) is 31.1 Å². The zero-order valence-electron chi connectivity index (χ0n) is 20.5. The molecule has 1 fully saturated rings. The lowest BCUT2D eigenvalue weighted by atomic mass is 9.91. The van der Waals surface area contributed by atoms with Gasteiger partial charge in [0.25, 0.3) is 0 Å². The van der Waals surface area contributed by atoms with Crippen molar-refractivity contribution in [2.45, 2.75) is 58.7 Å². The van der Waals surface area contributed by atoms with Crippen LogP contribution in [0.1, 0.15) is 48.9 Å². The fraction of sp³-hybridized carbons (Fsp3) is 0.440. The van der Waals surface area contributed by atoms with Gasteiger partial charge in [-0.05, 0) is 31.4 Å². The number of aliphatic hydroxyl groups excluding tert-OH is 1. The quantitative estimate of drug-likeness (QED) is 0.362. The van der Waals surface area contributed by atoms with Gasteiger partial charge in [-0.25, -0.2) is 4.98 Å². The first-order valence-electron chi connectivity index (χ1n) is 11.7. The van der Waals surface area contributed by atoms with Crippen LogP contribution in [0.5, 0.6) is 5.75 Å². The van der Waals surface area contributed by atoms with E-state index in [1.165, 1.54) is 4.90 Å². The van der Waals surface area contributed by atoms with E-state index in [9.17, 15) is 14.7 Å². The van der Waals surface area contributed by atoms with E-state index >= 15 is 0 Å². The lowest BCUT2D eigenvalue weighted by molar-refractivity contribution is -0.141. The fourth-order valence-corrected chi connectivity index (χ4v) is 5.76. The molecule has 1 saturated heterocycles. The molecule has 0 saturated carbocycles. The molecule has 2 aromatic heterocycles. The largest absolute Gasteiger partial charge is 0.427 e. The molecule has 11 heteroatoms. The number of aromatic nitrogens is 2. The zero-order chi connectivity index (χ0) is 26.0. The van der Waals surface area contributed by atoms with Crippen molar-refractivity contribution in [2.24, 2.45) is 5.92 Å². The average molecular weight is 625 g/mol. The summed E-state index contributed by atoms with van der Waals surface area (Å²) in [5, 5.41) is 17.2. The van der Waals surface area contributed by atoms with Crippen LogP contribution in [0.25, 0.3) is 10.4 Å². The molecule has 1 aromatic carbocycles. The van der Waals surface area contributed by atoms with Crippen LogP contribution in [-0.4, -0.2) is 50.7 Å².